The van der Waals surface area contributed by atoms with Crippen LogP contribution in [0, 0.1) is 13.8 Å². The van der Waals surface area contributed by atoms with Gasteiger partial charge in [-0.25, -0.2) is 4.98 Å². The van der Waals surface area contributed by atoms with Crippen LogP contribution in [-0.4, -0.2) is 19.2 Å². The standard InChI is InChI=1S/C15H17BrN2O2/c1-9-6-15(17-8-11(9)16)18-12-7-13(19-3)10(2)5-14(12)20-4/h5-8H,1-4H3,(H,17,18). The van der Waals surface area contributed by atoms with Gasteiger partial charge in [-0.2, -0.15) is 0 Å². The molecule has 0 aliphatic carbocycles. The van der Waals surface area contributed by atoms with Gasteiger partial charge in [-0.15, -0.1) is 0 Å². The Morgan fingerprint density at radius 1 is 1.00 bits per heavy atom. The van der Waals surface area contributed by atoms with Gasteiger partial charge in [0, 0.05) is 16.7 Å². The van der Waals surface area contributed by atoms with Crippen molar-refractivity contribution in [3.05, 3.63) is 40.0 Å². The predicted octanol–water partition coefficient (Wildman–Crippen LogP) is 4.22. The molecular weight excluding hydrogens is 320 g/mol. The lowest BCUT2D eigenvalue weighted by Crippen LogP contribution is -1.99. The molecule has 0 aliphatic heterocycles. The van der Waals surface area contributed by atoms with E-state index in [1.807, 2.05) is 32.0 Å². The summed E-state index contributed by atoms with van der Waals surface area (Å²) in [6.45, 7) is 4.00. The van der Waals surface area contributed by atoms with Gasteiger partial charge in [-0.3, -0.25) is 0 Å². The monoisotopic (exact) mass is 336 g/mol. The number of methoxy groups -OCH3 is 2. The summed E-state index contributed by atoms with van der Waals surface area (Å²) in [5.74, 6) is 2.32. The number of ether oxygens (including phenoxy) is 2. The van der Waals surface area contributed by atoms with Crippen LogP contribution in [0.5, 0.6) is 11.5 Å². The Kier molecular flexibility index (Phi) is 4.49. The number of nitrogens with one attached hydrogen (secondary N) is 1. The van der Waals surface area contributed by atoms with Crippen LogP contribution < -0.4 is 14.8 Å². The number of pyridine rings is 1. The van der Waals surface area contributed by atoms with Crippen LogP contribution in [0.25, 0.3) is 0 Å². The van der Waals surface area contributed by atoms with E-state index in [1.165, 1.54) is 0 Å². The number of hydrogen-bond donors (Lipinski definition) is 1. The van der Waals surface area contributed by atoms with Crippen molar-refractivity contribution in [2.24, 2.45) is 0 Å². The molecule has 1 N–H and O–H groups in total. The molecule has 2 aromatic rings. The van der Waals surface area contributed by atoms with Gasteiger partial charge >= 0.3 is 0 Å². The zero-order valence-corrected chi connectivity index (χ0v) is 13.5. The highest BCUT2D eigenvalue weighted by Gasteiger charge is 2.09. The first-order chi connectivity index (χ1) is 9.55. The van der Waals surface area contributed by atoms with Crippen LogP contribution in [-0.2, 0) is 0 Å². The maximum absolute atomic E-state index is 5.40. The molecule has 5 heteroatoms. The van der Waals surface area contributed by atoms with Crippen LogP contribution in [0.4, 0.5) is 11.5 Å². The minimum absolute atomic E-state index is 0.755. The molecule has 106 valence electrons. The number of rotatable bonds is 4. The van der Waals surface area contributed by atoms with Gasteiger partial charge in [0.15, 0.2) is 0 Å². The molecule has 1 aromatic heterocycles. The quantitative estimate of drug-likeness (QED) is 0.907. The number of nitrogens with zero attached hydrogens (tertiary/aromatic N) is 1. The fourth-order valence-corrected chi connectivity index (χ4v) is 2.11. The Balaban J connectivity index is 2.38. The lowest BCUT2D eigenvalue weighted by Gasteiger charge is -2.14. The number of hydrogen-bond acceptors (Lipinski definition) is 4. The number of aromatic nitrogens is 1. The largest absolute Gasteiger partial charge is 0.496 e. The maximum atomic E-state index is 5.40. The minimum atomic E-state index is 0.755. The molecule has 0 unspecified atom stereocenters. The second kappa shape index (κ2) is 6.13. The van der Waals surface area contributed by atoms with E-state index in [2.05, 4.69) is 26.2 Å². The van der Waals surface area contributed by atoms with Gasteiger partial charge in [-0.1, -0.05) is 0 Å². The number of benzene rings is 1. The molecule has 0 saturated heterocycles. The molecule has 0 aliphatic rings. The summed E-state index contributed by atoms with van der Waals surface area (Å²) >= 11 is 3.44. The SMILES string of the molecule is COc1cc(Nc2cc(C)c(Br)cn2)c(OC)cc1C. The molecule has 0 atom stereocenters. The van der Waals surface area contributed by atoms with Crippen molar-refractivity contribution in [2.45, 2.75) is 13.8 Å². The Morgan fingerprint density at radius 3 is 2.30 bits per heavy atom. The van der Waals surface area contributed by atoms with E-state index in [9.17, 15) is 0 Å². The zero-order valence-electron chi connectivity index (χ0n) is 12.0. The summed E-state index contributed by atoms with van der Waals surface area (Å²) < 4.78 is 11.7. The highest BCUT2D eigenvalue weighted by molar-refractivity contribution is 9.10. The van der Waals surface area contributed by atoms with Crippen LogP contribution >= 0.6 is 15.9 Å². The zero-order chi connectivity index (χ0) is 14.7. The van der Waals surface area contributed by atoms with E-state index in [-0.39, 0.29) is 0 Å². The van der Waals surface area contributed by atoms with Gasteiger partial charge < -0.3 is 14.8 Å². The second-order valence-corrected chi connectivity index (χ2v) is 5.32. The normalized spacial score (nSPS) is 10.2. The first-order valence-electron chi connectivity index (χ1n) is 6.17. The third-order valence-electron chi connectivity index (χ3n) is 3.03. The van der Waals surface area contributed by atoms with E-state index >= 15 is 0 Å². The fourth-order valence-electron chi connectivity index (χ4n) is 1.89. The van der Waals surface area contributed by atoms with Crippen LogP contribution in [0.3, 0.4) is 0 Å². The molecule has 1 aromatic carbocycles. The van der Waals surface area contributed by atoms with Crippen LogP contribution in [0.2, 0.25) is 0 Å². The van der Waals surface area contributed by atoms with Crippen molar-refractivity contribution < 1.29 is 9.47 Å². The molecule has 1 heterocycles. The van der Waals surface area contributed by atoms with Crippen molar-refractivity contribution in [2.75, 3.05) is 19.5 Å². The van der Waals surface area contributed by atoms with E-state index in [0.717, 1.165) is 38.6 Å². The number of aryl methyl sites for hydroxylation is 2. The number of anilines is 2. The van der Waals surface area contributed by atoms with Gasteiger partial charge in [0.2, 0.25) is 0 Å². The van der Waals surface area contributed by atoms with Gasteiger partial charge in [-0.05, 0) is 53.0 Å². The Labute approximate surface area is 127 Å². The molecule has 0 saturated carbocycles. The second-order valence-electron chi connectivity index (χ2n) is 4.47. The molecule has 0 spiro atoms. The molecule has 4 nitrogen and oxygen atoms in total. The van der Waals surface area contributed by atoms with Crippen molar-refractivity contribution in [1.29, 1.82) is 0 Å². The summed E-state index contributed by atoms with van der Waals surface area (Å²) in [6, 6.07) is 5.82. The molecule has 0 bridgehead atoms. The molecular formula is C15H17BrN2O2. The smallest absolute Gasteiger partial charge is 0.142 e. The average molecular weight is 337 g/mol. The Hall–Kier alpha value is -1.75. The molecule has 20 heavy (non-hydrogen) atoms. The summed E-state index contributed by atoms with van der Waals surface area (Å²) in [7, 11) is 3.30. The van der Waals surface area contributed by atoms with Crippen LogP contribution in [0.15, 0.2) is 28.9 Å². The van der Waals surface area contributed by atoms with E-state index in [0.29, 0.717) is 0 Å². The van der Waals surface area contributed by atoms with E-state index < -0.39 is 0 Å². The van der Waals surface area contributed by atoms with Gasteiger partial charge in [0.05, 0.1) is 19.9 Å². The summed E-state index contributed by atoms with van der Waals surface area (Å²) in [5.41, 5.74) is 2.96. The first kappa shape index (κ1) is 14.7. The predicted molar refractivity (Wildman–Crippen MR) is 84.2 cm³/mol. The van der Waals surface area contributed by atoms with Crippen molar-refractivity contribution in [3.8, 4) is 11.5 Å². The van der Waals surface area contributed by atoms with Crippen molar-refractivity contribution in [1.82, 2.24) is 4.98 Å². The fraction of sp³-hybridized carbons (Fsp3) is 0.267. The lowest BCUT2D eigenvalue weighted by atomic mass is 10.2. The number of halogens is 1. The third kappa shape index (κ3) is 3.04. The molecule has 0 radical (unpaired) electrons. The van der Waals surface area contributed by atoms with Crippen molar-refractivity contribution >= 4 is 27.4 Å². The summed E-state index contributed by atoms with van der Waals surface area (Å²) in [5, 5.41) is 3.26. The summed E-state index contributed by atoms with van der Waals surface area (Å²) in [4.78, 5) is 4.33. The Bertz CT molecular complexity index is 630. The van der Waals surface area contributed by atoms with Gasteiger partial charge in [0.1, 0.15) is 17.3 Å². The lowest BCUT2D eigenvalue weighted by molar-refractivity contribution is 0.402. The average Bonchev–Trinajstić information content (AvgIpc) is 2.44. The highest BCUT2D eigenvalue weighted by atomic mass is 79.9. The van der Waals surface area contributed by atoms with Crippen molar-refractivity contribution in [3.63, 3.8) is 0 Å². The first-order valence-corrected chi connectivity index (χ1v) is 6.96. The van der Waals surface area contributed by atoms with E-state index in [1.54, 1.807) is 20.4 Å². The minimum Gasteiger partial charge on any atom is -0.496 e. The highest BCUT2D eigenvalue weighted by Crippen LogP contribution is 2.34. The third-order valence-corrected chi connectivity index (χ3v) is 3.86. The molecule has 0 amide bonds. The molecule has 2 rings (SSSR count). The van der Waals surface area contributed by atoms with Gasteiger partial charge in [0.25, 0.3) is 0 Å². The Morgan fingerprint density at radius 2 is 1.70 bits per heavy atom. The molecule has 0 fully saturated rings. The van der Waals surface area contributed by atoms with E-state index in [4.69, 9.17) is 9.47 Å². The maximum Gasteiger partial charge on any atom is 0.142 e. The topological polar surface area (TPSA) is 43.4 Å². The van der Waals surface area contributed by atoms with Crippen LogP contribution in [0.1, 0.15) is 11.1 Å². The summed E-state index contributed by atoms with van der Waals surface area (Å²) in [6.07, 6.45) is 1.77.